The Labute approximate surface area is 210 Å². The first kappa shape index (κ1) is 23.5. The molecule has 0 bridgehead atoms. The minimum atomic E-state index is -0.0415. The van der Waals surface area contributed by atoms with Crippen LogP contribution in [0.25, 0.3) is 16.9 Å². The van der Waals surface area contributed by atoms with Gasteiger partial charge in [-0.15, -0.1) is 0 Å². The maximum Gasteiger partial charge on any atom is 0.255 e. The van der Waals surface area contributed by atoms with Crippen molar-refractivity contribution in [1.29, 1.82) is 0 Å². The lowest BCUT2D eigenvalue weighted by Gasteiger charge is -2.33. The van der Waals surface area contributed by atoms with Crippen molar-refractivity contribution in [2.75, 3.05) is 25.9 Å². The van der Waals surface area contributed by atoms with Crippen molar-refractivity contribution in [2.45, 2.75) is 32.6 Å². The van der Waals surface area contributed by atoms with E-state index >= 15 is 0 Å². The number of anilines is 1. The number of hydrogen-bond donors (Lipinski definition) is 1. The first-order chi connectivity index (χ1) is 17.4. The largest absolute Gasteiger partial charge is 0.497 e. The van der Waals surface area contributed by atoms with Crippen LogP contribution in [0.1, 0.15) is 46.2 Å². The van der Waals surface area contributed by atoms with Crippen LogP contribution in [-0.4, -0.2) is 55.7 Å². The maximum atomic E-state index is 13.4. The number of piperidine rings is 1. The summed E-state index contributed by atoms with van der Waals surface area (Å²) in [5, 5.41) is 4.47. The van der Waals surface area contributed by atoms with Crippen LogP contribution >= 0.6 is 0 Å². The third-order valence-electron chi connectivity index (χ3n) is 6.55. The lowest BCUT2D eigenvalue weighted by molar-refractivity contribution is 0.0705. The fourth-order valence-electron chi connectivity index (χ4n) is 4.78. The zero-order valence-corrected chi connectivity index (χ0v) is 20.7. The van der Waals surface area contributed by atoms with Crippen LogP contribution < -0.4 is 10.5 Å². The van der Waals surface area contributed by atoms with Gasteiger partial charge in [-0.05, 0) is 62.6 Å². The Bertz CT molecular complexity index is 1380. The zero-order valence-electron chi connectivity index (χ0n) is 20.7. The Kier molecular flexibility index (Phi) is 6.37. The van der Waals surface area contributed by atoms with Crippen molar-refractivity contribution in [2.24, 2.45) is 0 Å². The van der Waals surface area contributed by atoms with Crippen molar-refractivity contribution in [3.05, 3.63) is 77.5 Å². The predicted molar refractivity (Wildman–Crippen MR) is 137 cm³/mol. The van der Waals surface area contributed by atoms with E-state index in [1.807, 2.05) is 61.2 Å². The molecular formula is C27H29N7O2. The number of carbonyl (C=O) groups is 1. The molecule has 3 aromatic heterocycles. The van der Waals surface area contributed by atoms with E-state index < -0.39 is 0 Å². The Hall–Kier alpha value is -4.27. The number of carbonyl (C=O) groups excluding carboxylic acids is 1. The number of rotatable bonds is 5. The standard InChI is InChI=1S/C27H29N7O2/c1-17-13-18(2)34(32-17)24-11-8-20(14-29-24)26(35)33-12-4-5-21(16-33)25-23(15-30-27(28)31-25)19-6-9-22(36-3)10-7-19/h6-11,13-15,21H,4-5,12,16H2,1-3H3,(H2,28,30,31). The van der Waals surface area contributed by atoms with Crippen LogP contribution in [-0.2, 0) is 0 Å². The number of pyridine rings is 1. The highest BCUT2D eigenvalue weighted by Crippen LogP contribution is 2.34. The Morgan fingerprint density at radius 3 is 2.56 bits per heavy atom. The van der Waals surface area contributed by atoms with Gasteiger partial charge in [0, 0.05) is 42.7 Å². The minimum absolute atomic E-state index is 0.0415. The fourth-order valence-corrected chi connectivity index (χ4v) is 4.78. The molecule has 4 aromatic rings. The summed E-state index contributed by atoms with van der Waals surface area (Å²) in [6, 6.07) is 13.4. The number of benzene rings is 1. The molecule has 0 aliphatic carbocycles. The summed E-state index contributed by atoms with van der Waals surface area (Å²) in [6.07, 6.45) is 5.18. The molecule has 1 saturated heterocycles. The van der Waals surface area contributed by atoms with E-state index in [4.69, 9.17) is 10.5 Å². The van der Waals surface area contributed by atoms with Crippen molar-refractivity contribution in [1.82, 2.24) is 29.6 Å². The Balaban J connectivity index is 1.37. The minimum Gasteiger partial charge on any atom is -0.497 e. The summed E-state index contributed by atoms with van der Waals surface area (Å²) >= 11 is 0. The van der Waals surface area contributed by atoms with Gasteiger partial charge in [-0.1, -0.05) is 12.1 Å². The molecule has 5 rings (SSSR count). The second-order valence-corrected chi connectivity index (χ2v) is 9.09. The molecule has 4 heterocycles. The second-order valence-electron chi connectivity index (χ2n) is 9.09. The number of amides is 1. The molecule has 184 valence electrons. The lowest BCUT2D eigenvalue weighted by atomic mass is 9.89. The first-order valence-corrected chi connectivity index (χ1v) is 12.0. The number of aromatic nitrogens is 5. The molecule has 2 N–H and O–H groups in total. The van der Waals surface area contributed by atoms with Gasteiger partial charge in [0.1, 0.15) is 5.75 Å². The van der Waals surface area contributed by atoms with E-state index in [2.05, 4.69) is 20.1 Å². The molecule has 9 heteroatoms. The molecule has 0 radical (unpaired) electrons. The molecule has 1 atom stereocenters. The number of nitrogen functional groups attached to an aromatic ring is 1. The van der Waals surface area contributed by atoms with E-state index in [1.54, 1.807) is 24.2 Å². The summed E-state index contributed by atoms with van der Waals surface area (Å²) < 4.78 is 7.07. The normalized spacial score (nSPS) is 15.6. The van der Waals surface area contributed by atoms with E-state index in [0.717, 1.165) is 46.8 Å². The van der Waals surface area contributed by atoms with Crippen molar-refractivity contribution >= 4 is 11.9 Å². The van der Waals surface area contributed by atoms with Gasteiger partial charge in [0.2, 0.25) is 5.95 Å². The van der Waals surface area contributed by atoms with Gasteiger partial charge in [0.25, 0.3) is 5.91 Å². The molecule has 1 aliphatic heterocycles. The van der Waals surface area contributed by atoms with Crippen LogP contribution in [0.5, 0.6) is 5.75 Å². The van der Waals surface area contributed by atoms with Crippen molar-refractivity contribution in [3.63, 3.8) is 0 Å². The predicted octanol–water partition coefficient (Wildman–Crippen LogP) is 3.95. The van der Waals surface area contributed by atoms with Crippen LogP contribution in [0.2, 0.25) is 0 Å². The number of nitrogens with two attached hydrogens (primary N) is 1. The topological polar surface area (TPSA) is 112 Å². The monoisotopic (exact) mass is 483 g/mol. The Morgan fingerprint density at radius 1 is 1.08 bits per heavy atom. The van der Waals surface area contributed by atoms with Gasteiger partial charge < -0.3 is 15.4 Å². The summed E-state index contributed by atoms with van der Waals surface area (Å²) in [5.74, 6) is 1.71. The number of ether oxygens (including phenoxy) is 1. The van der Waals surface area contributed by atoms with Gasteiger partial charge in [-0.2, -0.15) is 5.10 Å². The van der Waals surface area contributed by atoms with E-state index in [0.29, 0.717) is 24.5 Å². The van der Waals surface area contributed by atoms with Gasteiger partial charge in [0.15, 0.2) is 5.82 Å². The average molecular weight is 484 g/mol. The van der Waals surface area contributed by atoms with E-state index in [1.165, 1.54) is 0 Å². The second kappa shape index (κ2) is 9.77. The highest BCUT2D eigenvalue weighted by molar-refractivity contribution is 5.94. The molecule has 36 heavy (non-hydrogen) atoms. The number of methoxy groups -OCH3 is 1. The van der Waals surface area contributed by atoms with Gasteiger partial charge in [0.05, 0.1) is 24.1 Å². The number of hydrogen-bond acceptors (Lipinski definition) is 7. The molecule has 0 saturated carbocycles. The molecule has 1 aromatic carbocycles. The molecule has 0 spiro atoms. The van der Waals surface area contributed by atoms with Crippen molar-refractivity contribution in [3.8, 4) is 22.7 Å². The molecule has 9 nitrogen and oxygen atoms in total. The molecule has 1 amide bonds. The first-order valence-electron chi connectivity index (χ1n) is 12.0. The molecular weight excluding hydrogens is 454 g/mol. The highest BCUT2D eigenvalue weighted by Gasteiger charge is 2.29. The zero-order chi connectivity index (χ0) is 25.2. The summed E-state index contributed by atoms with van der Waals surface area (Å²) in [5.41, 5.74) is 11.2. The molecule has 1 unspecified atom stereocenters. The van der Waals surface area contributed by atoms with Crippen LogP contribution in [0.4, 0.5) is 5.95 Å². The average Bonchev–Trinajstić information content (AvgIpc) is 3.26. The summed E-state index contributed by atoms with van der Waals surface area (Å²) in [6.45, 7) is 5.17. The number of nitrogens with zero attached hydrogens (tertiary/aromatic N) is 6. The van der Waals surface area contributed by atoms with Gasteiger partial charge >= 0.3 is 0 Å². The fraction of sp³-hybridized carbons (Fsp3) is 0.296. The van der Waals surface area contributed by atoms with Crippen LogP contribution in [0.3, 0.4) is 0 Å². The number of likely N-dealkylation sites (tertiary alicyclic amines) is 1. The molecule has 1 fully saturated rings. The summed E-state index contributed by atoms with van der Waals surface area (Å²) in [4.78, 5) is 28.6. The number of aryl methyl sites for hydroxylation is 2. The quantitative estimate of drug-likeness (QED) is 0.457. The lowest BCUT2D eigenvalue weighted by Crippen LogP contribution is -2.39. The third kappa shape index (κ3) is 4.64. The maximum absolute atomic E-state index is 13.4. The van der Waals surface area contributed by atoms with Crippen LogP contribution in [0.15, 0.2) is 54.9 Å². The van der Waals surface area contributed by atoms with Crippen LogP contribution in [0, 0.1) is 13.8 Å². The highest BCUT2D eigenvalue weighted by atomic mass is 16.5. The van der Waals surface area contributed by atoms with Gasteiger partial charge in [-0.3, -0.25) is 4.79 Å². The SMILES string of the molecule is COc1ccc(-c2cnc(N)nc2C2CCCN(C(=O)c3ccc(-n4nc(C)cc4C)nc3)C2)cc1. The van der Waals surface area contributed by atoms with E-state index in [-0.39, 0.29) is 17.8 Å². The Morgan fingerprint density at radius 2 is 1.89 bits per heavy atom. The molecule has 1 aliphatic rings. The van der Waals surface area contributed by atoms with Gasteiger partial charge in [-0.25, -0.2) is 19.6 Å². The summed E-state index contributed by atoms with van der Waals surface area (Å²) in [7, 11) is 1.64. The van der Waals surface area contributed by atoms with E-state index in [9.17, 15) is 4.79 Å². The smallest absolute Gasteiger partial charge is 0.255 e. The van der Waals surface area contributed by atoms with Crippen molar-refractivity contribution < 1.29 is 9.53 Å². The third-order valence-corrected chi connectivity index (χ3v) is 6.55.